The van der Waals surface area contributed by atoms with Crippen molar-refractivity contribution in [3.05, 3.63) is 65.0 Å². The summed E-state index contributed by atoms with van der Waals surface area (Å²) >= 11 is 0. The first-order valence-corrected chi connectivity index (χ1v) is 9.84. The van der Waals surface area contributed by atoms with Crippen LogP contribution >= 0.6 is 0 Å². The van der Waals surface area contributed by atoms with Gasteiger partial charge in [0.2, 0.25) is 0 Å². The van der Waals surface area contributed by atoms with Crippen molar-refractivity contribution in [1.29, 1.82) is 0 Å². The molecule has 0 aliphatic carbocycles. The van der Waals surface area contributed by atoms with Crippen molar-refractivity contribution in [3.63, 3.8) is 0 Å². The van der Waals surface area contributed by atoms with E-state index in [0.717, 1.165) is 6.07 Å². The van der Waals surface area contributed by atoms with Gasteiger partial charge < -0.3 is 4.90 Å². The molecule has 33 heavy (non-hydrogen) atoms. The average molecular weight is 478 g/mol. The summed E-state index contributed by atoms with van der Waals surface area (Å²) in [6, 6.07) is 4.63. The smallest absolute Gasteiger partial charge is 0.304 e. The predicted molar refractivity (Wildman–Crippen MR) is 106 cm³/mol. The number of carbonyl (C=O) groups is 1. The minimum atomic E-state index is -5.11. The molecule has 0 bridgehead atoms. The standard InChI is InChI=1S/C21H21F7N4O/c1-30-6-8-31(9-7-30)18(16-4-2-3-5-17(16)22)19(33)32(29)15-11-13(20(23,24)25)10-14(12-15)21(26,27)28/h2-5,10-12,18H,6-9,29H2,1H3. The number of hydrogen-bond donors (Lipinski definition) is 1. The molecule has 1 saturated heterocycles. The minimum absolute atomic E-state index is 0.0589. The van der Waals surface area contributed by atoms with E-state index in [-0.39, 0.29) is 16.6 Å². The Morgan fingerprint density at radius 1 is 0.939 bits per heavy atom. The number of alkyl halides is 6. The Morgan fingerprint density at radius 3 is 1.94 bits per heavy atom. The highest BCUT2D eigenvalue weighted by molar-refractivity contribution is 5.97. The molecule has 1 aliphatic heterocycles. The third-order valence-corrected chi connectivity index (χ3v) is 5.42. The highest BCUT2D eigenvalue weighted by Crippen LogP contribution is 2.38. The second-order valence-corrected chi connectivity index (χ2v) is 7.74. The Bertz CT molecular complexity index is 969. The van der Waals surface area contributed by atoms with Gasteiger partial charge in [0, 0.05) is 31.7 Å². The summed E-state index contributed by atoms with van der Waals surface area (Å²) in [5.74, 6) is 3.97. The number of likely N-dealkylation sites (N-methyl/N-ethyl adjacent to an activating group) is 1. The number of amides is 1. The van der Waals surface area contributed by atoms with E-state index in [1.54, 1.807) is 4.90 Å². The fourth-order valence-electron chi connectivity index (χ4n) is 3.60. The Balaban J connectivity index is 2.05. The van der Waals surface area contributed by atoms with Crippen molar-refractivity contribution >= 4 is 11.6 Å². The van der Waals surface area contributed by atoms with Gasteiger partial charge in [0.15, 0.2) is 0 Å². The van der Waals surface area contributed by atoms with E-state index in [2.05, 4.69) is 0 Å². The average Bonchev–Trinajstić information content (AvgIpc) is 2.74. The molecule has 0 radical (unpaired) electrons. The van der Waals surface area contributed by atoms with Gasteiger partial charge in [-0.3, -0.25) is 9.69 Å². The molecule has 0 aromatic heterocycles. The van der Waals surface area contributed by atoms with Gasteiger partial charge in [-0.1, -0.05) is 18.2 Å². The highest BCUT2D eigenvalue weighted by atomic mass is 19.4. The molecule has 1 fully saturated rings. The molecule has 1 heterocycles. The molecule has 1 amide bonds. The summed E-state index contributed by atoms with van der Waals surface area (Å²) in [6.45, 7) is 1.66. The minimum Gasteiger partial charge on any atom is -0.304 e. The van der Waals surface area contributed by atoms with Crippen LogP contribution < -0.4 is 10.9 Å². The fraction of sp³-hybridized carbons (Fsp3) is 0.381. The van der Waals surface area contributed by atoms with Gasteiger partial charge in [0.1, 0.15) is 11.9 Å². The number of rotatable bonds is 4. The van der Waals surface area contributed by atoms with Crippen LogP contribution in [0.25, 0.3) is 0 Å². The van der Waals surface area contributed by atoms with Crippen LogP contribution in [-0.2, 0) is 17.1 Å². The second kappa shape index (κ2) is 9.27. The van der Waals surface area contributed by atoms with E-state index in [9.17, 15) is 35.5 Å². The number of hydrogen-bond acceptors (Lipinski definition) is 4. The first kappa shape index (κ1) is 24.9. The van der Waals surface area contributed by atoms with Crippen molar-refractivity contribution in [2.75, 3.05) is 38.2 Å². The number of halogens is 7. The lowest BCUT2D eigenvalue weighted by molar-refractivity contribution is -0.143. The molecular weight excluding hydrogens is 457 g/mol. The zero-order chi connectivity index (χ0) is 24.6. The van der Waals surface area contributed by atoms with Crippen molar-refractivity contribution in [2.24, 2.45) is 5.84 Å². The maximum Gasteiger partial charge on any atom is 0.416 e. The van der Waals surface area contributed by atoms with Crippen LogP contribution in [-0.4, -0.2) is 48.9 Å². The molecule has 1 unspecified atom stereocenters. The molecule has 180 valence electrons. The molecule has 3 rings (SSSR count). The topological polar surface area (TPSA) is 52.8 Å². The normalized spacial score (nSPS) is 17.1. The van der Waals surface area contributed by atoms with Crippen LogP contribution in [0.2, 0.25) is 0 Å². The lowest BCUT2D eigenvalue weighted by Gasteiger charge is -2.38. The van der Waals surface area contributed by atoms with E-state index in [1.165, 1.54) is 18.2 Å². The lowest BCUT2D eigenvalue weighted by Crippen LogP contribution is -2.52. The largest absolute Gasteiger partial charge is 0.416 e. The summed E-state index contributed by atoms with van der Waals surface area (Å²) in [5.41, 5.74) is -4.11. The van der Waals surface area contributed by atoms with Crippen molar-refractivity contribution < 1.29 is 35.5 Å². The summed E-state index contributed by atoms with van der Waals surface area (Å²) in [7, 11) is 1.84. The first-order chi connectivity index (χ1) is 15.3. The summed E-state index contributed by atoms with van der Waals surface area (Å²) in [5, 5.41) is 0.222. The molecular formula is C21H21F7N4O. The molecule has 2 aromatic carbocycles. The zero-order valence-electron chi connectivity index (χ0n) is 17.4. The zero-order valence-corrected chi connectivity index (χ0v) is 17.4. The molecule has 0 spiro atoms. The van der Waals surface area contributed by atoms with Gasteiger partial charge in [0.25, 0.3) is 5.91 Å². The van der Waals surface area contributed by atoms with E-state index < -0.39 is 46.9 Å². The van der Waals surface area contributed by atoms with E-state index in [4.69, 9.17) is 5.84 Å². The Morgan fingerprint density at radius 2 is 1.45 bits per heavy atom. The quantitative estimate of drug-likeness (QED) is 0.312. The number of hydrazine groups is 1. The van der Waals surface area contributed by atoms with Gasteiger partial charge in [0.05, 0.1) is 16.8 Å². The molecule has 2 N–H and O–H groups in total. The third-order valence-electron chi connectivity index (χ3n) is 5.42. The molecule has 5 nitrogen and oxygen atoms in total. The van der Waals surface area contributed by atoms with Crippen LogP contribution in [0, 0.1) is 5.82 Å². The maximum absolute atomic E-state index is 14.6. The molecule has 1 aliphatic rings. The Kier molecular flexibility index (Phi) is 7.01. The van der Waals surface area contributed by atoms with Crippen LogP contribution in [0.3, 0.4) is 0 Å². The van der Waals surface area contributed by atoms with Crippen LogP contribution in [0.4, 0.5) is 36.4 Å². The van der Waals surface area contributed by atoms with Gasteiger partial charge >= 0.3 is 12.4 Å². The monoisotopic (exact) mass is 478 g/mol. The number of piperazine rings is 1. The molecule has 1 atom stereocenters. The summed E-state index contributed by atoms with van der Waals surface area (Å²) < 4.78 is 94.0. The summed E-state index contributed by atoms with van der Waals surface area (Å²) in [6.07, 6.45) is -10.2. The molecule has 12 heteroatoms. The van der Waals surface area contributed by atoms with Crippen LogP contribution in [0.5, 0.6) is 0 Å². The highest BCUT2D eigenvalue weighted by Gasteiger charge is 2.39. The SMILES string of the molecule is CN1CCN(C(C(=O)N(N)c2cc(C(F)(F)F)cc(C(F)(F)F)c2)c2ccccc2F)CC1. The maximum atomic E-state index is 14.6. The molecule has 0 saturated carbocycles. The predicted octanol–water partition coefficient (Wildman–Crippen LogP) is 4.06. The van der Waals surface area contributed by atoms with E-state index >= 15 is 0 Å². The number of benzene rings is 2. The van der Waals surface area contributed by atoms with Crippen molar-refractivity contribution in [3.8, 4) is 0 Å². The van der Waals surface area contributed by atoms with Crippen LogP contribution in [0.1, 0.15) is 22.7 Å². The molecule has 2 aromatic rings. The lowest BCUT2D eigenvalue weighted by atomic mass is 10.0. The number of nitrogens with zero attached hydrogens (tertiary/aromatic N) is 3. The fourth-order valence-corrected chi connectivity index (χ4v) is 3.60. The van der Waals surface area contributed by atoms with E-state index in [1.807, 2.05) is 11.9 Å². The third kappa shape index (κ3) is 5.63. The Labute approximate surface area is 185 Å². The van der Waals surface area contributed by atoms with Gasteiger partial charge in [-0.2, -0.15) is 26.3 Å². The van der Waals surface area contributed by atoms with Gasteiger partial charge in [-0.05, 0) is 31.3 Å². The van der Waals surface area contributed by atoms with Gasteiger partial charge in [-0.25, -0.2) is 15.2 Å². The Hall–Kier alpha value is -2.70. The number of anilines is 1. The summed E-state index contributed by atoms with van der Waals surface area (Å²) in [4.78, 5) is 16.9. The van der Waals surface area contributed by atoms with Gasteiger partial charge in [-0.15, -0.1) is 0 Å². The number of nitrogens with two attached hydrogens (primary N) is 1. The second-order valence-electron chi connectivity index (χ2n) is 7.74. The van der Waals surface area contributed by atoms with Crippen LogP contribution in [0.15, 0.2) is 42.5 Å². The number of carbonyl (C=O) groups excluding carboxylic acids is 1. The van der Waals surface area contributed by atoms with Crippen molar-refractivity contribution in [1.82, 2.24) is 9.80 Å². The van der Waals surface area contributed by atoms with E-state index in [0.29, 0.717) is 38.3 Å². The van der Waals surface area contributed by atoms with Crippen molar-refractivity contribution in [2.45, 2.75) is 18.4 Å². The first-order valence-electron chi connectivity index (χ1n) is 9.84.